The molecular weight excluding hydrogens is 481 g/mol. The molecule has 1 saturated heterocycles. The van der Waals surface area contributed by atoms with Crippen LogP contribution in [0.1, 0.15) is 69.0 Å². The number of nitrogens with two attached hydrogens (primary N) is 1. The van der Waals surface area contributed by atoms with Gasteiger partial charge in [-0.25, -0.2) is 0 Å². The van der Waals surface area contributed by atoms with Crippen molar-refractivity contribution in [2.24, 2.45) is 17.6 Å². The molecule has 1 unspecified atom stereocenters. The summed E-state index contributed by atoms with van der Waals surface area (Å²) in [6.07, 6.45) is 4.78. The molecule has 1 aliphatic heterocycles. The van der Waals surface area contributed by atoms with Gasteiger partial charge in [0.05, 0.1) is 17.5 Å². The molecule has 2 heterocycles. The van der Waals surface area contributed by atoms with E-state index >= 15 is 0 Å². The molecule has 2 aromatic rings. The number of benzene rings is 1. The Labute approximate surface area is 215 Å². The number of aromatic nitrogens is 1. The van der Waals surface area contributed by atoms with Gasteiger partial charge in [-0.05, 0) is 68.8 Å². The first-order valence-electron chi connectivity index (χ1n) is 13.0. The Morgan fingerprint density at radius 2 is 1.78 bits per heavy atom. The highest BCUT2D eigenvalue weighted by Crippen LogP contribution is 2.42. The van der Waals surface area contributed by atoms with E-state index in [-0.39, 0.29) is 23.4 Å². The monoisotopic (exact) mass is 516 g/mol. The van der Waals surface area contributed by atoms with Gasteiger partial charge >= 0.3 is 6.18 Å². The van der Waals surface area contributed by atoms with Crippen LogP contribution >= 0.6 is 0 Å². The van der Waals surface area contributed by atoms with Crippen LogP contribution in [-0.2, 0) is 15.8 Å². The van der Waals surface area contributed by atoms with Gasteiger partial charge < -0.3 is 16.0 Å². The molecule has 1 saturated carbocycles. The topological polar surface area (TPSA) is 88.3 Å². The number of pyridine rings is 1. The number of likely N-dealkylation sites (tertiary alicyclic amines) is 1. The zero-order chi connectivity index (χ0) is 26.8. The number of carbonyl (C=O) groups excluding carboxylic acids is 2. The van der Waals surface area contributed by atoms with Gasteiger partial charge in [0.15, 0.2) is 0 Å². The maximum absolute atomic E-state index is 14.2. The zero-order valence-corrected chi connectivity index (χ0v) is 21.4. The molecule has 2 amide bonds. The molecule has 3 atom stereocenters. The summed E-state index contributed by atoms with van der Waals surface area (Å²) in [4.78, 5) is 32.8. The van der Waals surface area contributed by atoms with Crippen molar-refractivity contribution in [3.8, 4) is 11.1 Å². The SMILES string of the molecule is CNC(C)(C(N)=O)[C@@H](C(=O)N1CCC[C@H]1c1cncc(-c2ccccc2C(F)(F)F)c1)C1CCCCC1. The number of amides is 2. The van der Waals surface area contributed by atoms with E-state index in [2.05, 4.69) is 10.3 Å². The van der Waals surface area contributed by atoms with Crippen molar-refractivity contribution < 1.29 is 22.8 Å². The van der Waals surface area contributed by atoms with E-state index in [4.69, 9.17) is 5.73 Å². The van der Waals surface area contributed by atoms with Gasteiger partial charge in [0, 0.05) is 24.5 Å². The predicted molar refractivity (Wildman–Crippen MR) is 135 cm³/mol. The molecule has 0 bridgehead atoms. The van der Waals surface area contributed by atoms with E-state index in [1.165, 1.54) is 18.3 Å². The Hall–Kier alpha value is -2.94. The Kier molecular flexibility index (Phi) is 7.92. The van der Waals surface area contributed by atoms with Gasteiger partial charge in [-0.3, -0.25) is 14.6 Å². The number of halogens is 3. The molecule has 1 aromatic carbocycles. The van der Waals surface area contributed by atoms with Gasteiger partial charge in [0.1, 0.15) is 5.54 Å². The Morgan fingerprint density at radius 1 is 1.08 bits per heavy atom. The third-order valence-corrected chi connectivity index (χ3v) is 8.26. The van der Waals surface area contributed by atoms with Crippen LogP contribution in [0, 0.1) is 11.8 Å². The summed E-state index contributed by atoms with van der Waals surface area (Å²) in [7, 11) is 1.65. The molecule has 37 heavy (non-hydrogen) atoms. The summed E-state index contributed by atoms with van der Waals surface area (Å²) >= 11 is 0. The van der Waals surface area contributed by atoms with Crippen LogP contribution in [0.25, 0.3) is 11.1 Å². The van der Waals surface area contributed by atoms with E-state index in [9.17, 15) is 22.8 Å². The van der Waals surface area contributed by atoms with Gasteiger partial charge in [-0.1, -0.05) is 37.5 Å². The lowest BCUT2D eigenvalue weighted by Gasteiger charge is -2.43. The number of carbonyl (C=O) groups is 2. The third-order valence-electron chi connectivity index (χ3n) is 8.26. The number of hydrogen-bond donors (Lipinski definition) is 2. The quantitative estimate of drug-likeness (QED) is 0.537. The van der Waals surface area contributed by atoms with Crippen LogP contribution < -0.4 is 11.1 Å². The van der Waals surface area contributed by atoms with E-state index in [1.807, 2.05) is 0 Å². The number of hydrogen-bond acceptors (Lipinski definition) is 4. The van der Waals surface area contributed by atoms with E-state index in [0.717, 1.165) is 44.6 Å². The highest BCUT2D eigenvalue weighted by atomic mass is 19.4. The molecule has 1 aromatic heterocycles. The maximum atomic E-state index is 14.2. The van der Waals surface area contributed by atoms with Gasteiger partial charge in [0.25, 0.3) is 0 Å². The van der Waals surface area contributed by atoms with Crippen molar-refractivity contribution in [1.82, 2.24) is 15.2 Å². The van der Waals surface area contributed by atoms with Crippen molar-refractivity contribution in [3.05, 3.63) is 53.9 Å². The minimum Gasteiger partial charge on any atom is -0.368 e. The third kappa shape index (κ3) is 5.37. The number of nitrogens with one attached hydrogen (secondary N) is 1. The fourth-order valence-electron chi connectivity index (χ4n) is 6.14. The van der Waals surface area contributed by atoms with Crippen molar-refractivity contribution in [1.29, 1.82) is 0 Å². The average Bonchev–Trinajstić information content (AvgIpc) is 3.39. The Balaban J connectivity index is 1.69. The first-order chi connectivity index (χ1) is 17.6. The lowest BCUT2D eigenvalue weighted by molar-refractivity contribution is -0.147. The molecule has 6 nitrogen and oxygen atoms in total. The second kappa shape index (κ2) is 10.8. The van der Waals surface area contributed by atoms with Gasteiger partial charge in [-0.2, -0.15) is 13.2 Å². The highest BCUT2D eigenvalue weighted by molar-refractivity contribution is 5.93. The molecule has 200 valence electrons. The molecule has 4 rings (SSSR count). The number of alkyl halides is 3. The Morgan fingerprint density at radius 3 is 2.43 bits per heavy atom. The van der Waals surface area contributed by atoms with Gasteiger partial charge in [0.2, 0.25) is 11.8 Å². The van der Waals surface area contributed by atoms with Gasteiger partial charge in [-0.15, -0.1) is 0 Å². The molecule has 3 N–H and O–H groups in total. The first-order valence-corrected chi connectivity index (χ1v) is 13.0. The number of likely N-dealkylation sites (N-methyl/N-ethyl adjacent to an activating group) is 1. The molecule has 2 aliphatic rings. The standard InChI is InChI=1S/C28H35F3N4O2/c1-27(33-2,26(32)37)24(18-9-4-3-5-10-18)25(36)35-14-8-13-23(35)20-15-19(16-34-17-20)21-11-6-7-12-22(21)28(29,30)31/h6-7,11-12,15-18,23-24,33H,3-5,8-10,13-14H2,1-2H3,(H2,32,37)/t23-,24+,27?/m0/s1. The summed E-state index contributed by atoms with van der Waals surface area (Å²) in [6, 6.07) is 6.80. The van der Waals surface area contributed by atoms with Crippen molar-refractivity contribution in [3.63, 3.8) is 0 Å². The van der Waals surface area contributed by atoms with Crippen LogP contribution in [0.3, 0.4) is 0 Å². The van der Waals surface area contributed by atoms with E-state index in [0.29, 0.717) is 24.1 Å². The second-order valence-electron chi connectivity index (χ2n) is 10.4. The van der Waals surface area contributed by atoms with Crippen LogP contribution in [0.15, 0.2) is 42.7 Å². The van der Waals surface area contributed by atoms with Crippen LogP contribution in [0.5, 0.6) is 0 Å². The summed E-state index contributed by atoms with van der Waals surface area (Å²) in [5, 5.41) is 3.04. The van der Waals surface area contributed by atoms with Crippen molar-refractivity contribution in [2.45, 2.75) is 69.6 Å². The molecule has 9 heteroatoms. The Bertz CT molecular complexity index is 1130. The molecule has 0 radical (unpaired) electrons. The zero-order valence-electron chi connectivity index (χ0n) is 21.4. The minimum atomic E-state index is -4.50. The fraction of sp³-hybridized carbons (Fsp3) is 0.536. The van der Waals surface area contributed by atoms with E-state index < -0.39 is 29.1 Å². The predicted octanol–water partition coefficient (Wildman–Crippen LogP) is 5.09. The van der Waals surface area contributed by atoms with Crippen molar-refractivity contribution in [2.75, 3.05) is 13.6 Å². The molecular formula is C28H35F3N4O2. The first kappa shape index (κ1) is 27.1. The lowest BCUT2D eigenvalue weighted by atomic mass is 9.69. The normalized spacial score (nSPS) is 21.4. The molecule has 1 aliphatic carbocycles. The number of rotatable bonds is 7. The van der Waals surface area contributed by atoms with Crippen LogP contribution in [0.4, 0.5) is 13.2 Å². The summed E-state index contributed by atoms with van der Waals surface area (Å²) in [6.45, 7) is 2.21. The smallest absolute Gasteiger partial charge is 0.368 e. The lowest BCUT2D eigenvalue weighted by Crippen LogP contribution is -2.63. The average molecular weight is 517 g/mol. The maximum Gasteiger partial charge on any atom is 0.417 e. The van der Waals surface area contributed by atoms with Crippen molar-refractivity contribution >= 4 is 11.8 Å². The summed E-state index contributed by atoms with van der Waals surface area (Å²) in [5.74, 6) is -1.30. The summed E-state index contributed by atoms with van der Waals surface area (Å²) < 4.78 is 41.0. The fourth-order valence-corrected chi connectivity index (χ4v) is 6.14. The molecule has 0 spiro atoms. The largest absolute Gasteiger partial charge is 0.417 e. The minimum absolute atomic E-state index is 0.0237. The number of nitrogens with zero attached hydrogens (tertiary/aromatic N) is 2. The van der Waals surface area contributed by atoms with Crippen LogP contribution in [0.2, 0.25) is 0 Å². The molecule has 2 fully saturated rings. The number of primary amides is 1. The van der Waals surface area contributed by atoms with Crippen LogP contribution in [-0.4, -0.2) is 40.8 Å². The highest BCUT2D eigenvalue weighted by Gasteiger charge is 2.50. The van der Waals surface area contributed by atoms with E-state index in [1.54, 1.807) is 37.2 Å². The summed E-state index contributed by atoms with van der Waals surface area (Å²) in [5.41, 5.74) is 4.99. The second-order valence-corrected chi connectivity index (χ2v) is 10.4.